The molecule has 3 N–H and O–H groups in total. The molecular weight excluding hydrogens is 306 g/mol. The first kappa shape index (κ1) is 16.2. The molecule has 1 aromatic carbocycles. The van der Waals surface area contributed by atoms with Gasteiger partial charge in [0.05, 0.1) is 4.90 Å². The van der Waals surface area contributed by atoms with Gasteiger partial charge >= 0.3 is 0 Å². The van der Waals surface area contributed by atoms with Gasteiger partial charge in [0.25, 0.3) is 0 Å². The van der Waals surface area contributed by atoms with Crippen molar-refractivity contribution in [1.82, 2.24) is 0 Å². The molecule has 1 aromatic heterocycles. The molecular formula is C15H19NO3S2. The highest BCUT2D eigenvalue weighted by molar-refractivity contribution is 7.89. The maximum Gasteiger partial charge on any atom is 0.238 e. The molecule has 0 saturated carbocycles. The van der Waals surface area contributed by atoms with Gasteiger partial charge in [0.15, 0.2) is 0 Å². The summed E-state index contributed by atoms with van der Waals surface area (Å²) in [7, 11) is -3.72. The summed E-state index contributed by atoms with van der Waals surface area (Å²) < 4.78 is 22.5. The van der Waals surface area contributed by atoms with Gasteiger partial charge in [0.2, 0.25) is 10.0 Å². The number of aliphatic hydroxyl groups excluding tert-OH is 1. The summed E-state index contributed by atoms with van der Waals surface area (Å²) in [5, 5.41) is 16.8. The lowest BCUT2D eigenvalue weighted by Gasteiger charge is -2.09. The number of unbranched alkanes of at least 4 members (excludes halogenated alkanes) is 1. The van der Waals surface area contributed by atoms with Crippen LogP contribution >= 0.6 is 11.3 Å². The van der Waals surface area contributed by atoms with Crippen LogP contribution in [0.15, 0.2) is 40.6 Å². The van der Waals surface area contributed by atoms with E-state index in [1.807, 2.05) is 24.3 Å². The number of primary sulfonamides is 1. The van der Waals surface area contributed by atoms with Crippen LogP contribution in [0.25, 0.3) is 0 Å². The molecule has 1 unspecified atom stereocenters. The molecule has 1 heterocycles. The minimum absolute atomic E-state index is 0.0427. The molecule has 0 aliphatic heterocycles. The lowest BCUT2D eigenvalue weighted by atomic mass is 10.0. The van der Waals surface area contributed by atoms with Crippen molar-refractivity contribution < 1.29 is 13.5 Å². The van der Waals surface area contributed by atoms with Crippen molar-refractivity contribution in [1.29, 1.82) is 0 Å². The third-order valence-corrected chi connectivity index (χ3v) is 5.34. The van der Waals surface area contributed by atoms with E-state index in [-0.39, 0.29) is 4.90 Å². The lowest BCUT2D eigenvalue weighted by Crippen LogP contribution is -2.10. The largest absolute Gasteiger partial charge is 0.383 e. The van der Waals surface area contributed by atoms with Crippen molar-refractivity contribution in [2.75, 3.05) is 0 Å². The van der Waals surface area contributed by atoms with Crippen molar-refractivity contribution in [2.45, 2.75) is 37.2 Å². The molecule has 2 rings (SSSR count). The second-order valence-electron chi connectivity index (χ2n) is 4.98. The number of hydrogen-bond acceptors (Lipinski definition) is 4. The molecule has 0 aliphatic rings. The van der Waals surface area contributed by atoms with E-state index in [2.05, 4.69) is 6.92 Å². The normalized spacial score (nSPS) is 13.3. The van der Waals surface area contributed by atoms with E-state index >= 15 is 0 Å². The molecule has 0 fully saturated rings. The predicted molar refractivity (Wildman–Crippen MR) is 84.8 cm³/mol. The Kier molecular flexibility index (Phi) is 5.16. The molecule has 2 aromatic rings. The summed E-state index contributed by atoms with van der Waals surface area (Å²) in [6.45, 7) is 2.15. The summed E-state index contributed by atoms with van der Waals surface area (Å²) in [5.41, 5.74) is 1.99. The molecule has 21 heavy (non-hydrogen) atoms. The number of thiophene rings is 1. The fraction of sp³-hybridized carbons (Fsp3) is 0.333. The Balaban J connectivity index is 2.16. The summed E-state index contributed by atoms with van der Waals surface area (Å²) in [4.78, 5) is 0.612. The van der Waals surface area contributed by atoms with Gasteiger partial charge < -0.3 is 5.11 Å². The van der Waals surface area contributed by atoms with Crippen LogP contribution in [0.5, 0.6) is 0 Å². The van der Waals surface area contributed by atoms with E-state index < -0.39 is 16.1 Å². The first-order chi connectivity index (χ1) is 9.91. The van der Waals surface area contributed by atoms with Gasteiger partial charge in [0, 0.05) is 10.3 Å². The Morgan fingerprint density at radius 3 is 2.48 bits per heavy atom. The summed E-state index contributed by atoms with van der Waals surface area (Å²) in [6.07, 6.45) is 2.49. The standard InChI is InChI=1S/C15H19NO3S2/c1-2-3-4-11-5-7-12(8-6-11)15(17)14-9-13(10-20-14)21(16,18)19/h5-10,15,17H,2-4H2,1H3,(H2,16,18,19). The van der Waals surface area contributed by atoms with Crippen molar-refractivity contribution in [3.8, 4) is 0 Å². The van der Waals surface area contributed by atoms with E-state index in [9.17, 15) is 13.5 Å². The summed E-state index contributed by atoms with van der Waals surface area (Å²) in [6, 6.07) is 9.19. The van der Waals surface area contributed by atoms with Gasteiger partial charge in [-0.25, -0.2) is 13.6 Å². The highest BCUT2D eigenvalue weighted by Crippen LogP contribution is 2.29. The van der Waals surface area contributed by atoms with Gasteiger partial charge in [-0.15, -0.1) is 11.3 Å². The zero-order chi connectivity index (χ0) is 15.5. The first-order valence-electron chi connectivity index (χ1n) is 6.80. The third-order valence-electron chi connectivity index (χ3n) is 3.31. The van der Waals surface area contributed by atoms with Gasteiger partial charge in [-0.2, -0.15) is 0 Å². The Labute approximate surface area is 129 Å². The topological polar surface area (TPSA) is 80.4 Å². The van der Waals surface area contributed by atoms with Crippen molar-refractivity contribution in [2.24, 2.45) is 5.14 Å². The van der Waals surface area contributed by atoms with Crippen LogP contribution in [0.4, 0.5) is 0 Å². The monoisotopic (exact) mass is 325 g/mol. The van der Waals surface area contributed by atoms with Crippen molar-refractivity contribution in [3.05, 3.63) is 51.7 Å². The van der Waals surface area contributed by atoms with Crippen LogP contribution in [0.1, 0.15) is 41.9 Å². The molecule has 0 amide bonds. The van der Waals surface area contributed by atoms with Crippen molar-refractivity contribution in [3.63, 3.8) is 0 Å². The average Bonchev–Trinajstić information content (AvgIpc) is 2.95. The fourth-order valence-electron chi connectivity index (χ4n) is 2.04. The Bertz CT molecular complexity index is 690. The van der Waals surface area contributed by atoms with Gasteiger partial charge in [0.1, 0.15) is 6.10 Å². The Morgan fingerprint density at radius 1 is 1.29 bits per heavy atom. The number of nitrogens with two attached hydrogens (primary N) is 1. The van der Waals surface area contributed by atoms with Gasteiger partial charge in [-0.3, -0.25) is 0 Å². The molecule has 4 nitrogen and oxygen atoms in total. The van der Waals surface area contributed by atoms with Crippen LogP contribution in [0, 0.1) is 0 Å². The van der Waals surface area contributed by atoms with E-state index in [4.69, 9.17) is 5.14 Å². The minimum Gasteiger partial charge on any atom is -0.383 e. The molecule has 0 spiro atoms. The number of benzene rings is 1. The average molecular weight is 325 g/mol. The summed E-state index contributed by atoms with van der Waals surface area (Å²) >= 11 is 1.19. The second kappa shape index (κ2) is 6.70. The SMILES string of the molecule is CCCCc1ccc(C(O)c2cc(S(N)(=O)=O)cs2)cc1. The minimum atomic E-state index is -3.72. The lowest BCUT2D eigenvalue weighted by molar-refractivity contribution is 0.224. The Morgan fingerprint density at radius 2 is 1.95 bits per heavy atom. The van der Waals surface area contributed by atoms with E-state index in [0.717, 1.165) is 24.8 Å². The maximum atomic E-state index is 11.3. The third kappa shape index (κ3) is 4.14. The smallest absolute Gasteiger partial charge is 0.238 e. The number of sulfonamides is 1. The fourth-order valence-corrected chi connectivity index (χ4v) is 3.87. The molecule has 6 heteroatoms. The zero-order valence-electron chi connectivity index (χ0n) is 11.8. The van der Waals surface area contributed by atoms with Crippen LogP contribution in [-0.4, -0.2) is 13.5 Å². The quantitative estimate of drug-likeness (QED) is 0.857. The summed E-state index contributed by atoms with van der Waals surface area (Å²) in [5.74, 6) is 0. The zero-order valence-corrected chi connectivity index (χ0v) is 13.5. The Hall–Kier alpha value is -1.21. The highest BCUT2D eigenvalue weighted by Gasteiger charge is 2.17. The molecule has 0 aliphatic carbocycles. The van der Waals surface area contributed by atoms with Crippen LogP contribution in [0.3, 0.4) is 0 Å². The molecule has 0 saturated heterocycles. The molecule has 1 atom stereocenters. The van der Waals surface area contributed by atoms with E-state index in [1.165, 1.54) is 28.3 Å². The first-order valence-corrected chi connectivity index (χ1v) is 9.22. The maximum absolute atomic E-state index is 11.3. The van der Waals surface area contributed by atoms with Crippen LogP contribution in [-0.2, 0) is 16.4 Å². The van der Waals surface area contributed by atoms with Gasteiger partial charge in [-0.05, 0) is 30.0 Å². The van der Waals surface area contributed by atoms with Crippen molar-refractivity contribution >= 4 is 21.4 Å². The molecule has 114 valence electrons. The van der Waals surface area contributed by atoms with Gasteiger partial charge in [-0.1, -0.05) is 37.6 Å². The second-order valence-corrected chi connectivity index (χ2v) is 7.48. The number of hydrogen-bond donors (Lipinski definition) is 2. The number of aliphatic hydroxyl groups is 1. The highest BCUT2D eigenvalue weighted by atomic mass is 32.2. The molecule has 0 bridgehead atoms. The van der Waals surface area contributed by atoms with Crippen LogP contribution < -0.4 is 5.14 Å². The molecule has 0 radical (unpaired) electrons. The predicted octanol–water partition coefficient (Wildman–Crippen LogP) is 2.82. The number of aryl methyl sites for hydroxylation is 1. The number of rotatable bonds is 6. The van der Waals surface area contributed by atoms with Crippen LogP contribution in [0.2, 0.25) is 0 Å². The van der Waals surface area contributed by atoms with E-state index in [1.54, 1.807) is 0 Å². The van der Waals surface area contributed by atoms with E-state index in [0.29, 0.717) is 4.88 Å².